The summed E-state index contributed by atoms with van der Waals surface area (Å²) < 4.78 is 5.54. The van der Waals surface area contributed by atoms with Crippen molar-refractivity contribution in [3.8, 4) is 11.5 Å². The van der Waals surface area contributed by atoms with Crippen LogP contribution in [-0.2, 0) is 9.59 Å². The number of nitro groups is 1. The van der Waals surface area contributed by atoms with Crippen molar-refractivity contribution < 1.29 is 29.2 Å². The smallest absolute Gasteiger partial charge is 0.335 e. The van der Waals surface area contributed by atoms with Gasteiger partial charge in [0, 0.05) is 10.5 Å². The van der Waals surface area contributed by atoms with Crippen molar-refractivity contribution in [2.24, 2.45) is 0 Å². The van der Waals surface area contributed by atoms with E-state index in [4.69, 9.17) is 4.74 Å². The van der Waals surface area contributed by atoms with Crippen molar-refractivity contribution in [1.29, 1.82) is 0 Å². The number of carbonyl (C=O) groups excluding carboxylic acids is 3. The Morgan fingerprint density at radius 2 is 1.83 bits per heavy atom. The van der Waals surface area contributed by atoms with Crippen molar-refractivity contribution in [1.82, 2.24) is 5.32 Å². The van der Waals surface area contributed by atoms with Crippen LogP contribution in [0.1, 0.15) is 5.56 Å². The molecule has 29 heavy (non-hydrogen) atoms. The number of nitro benzene ring substituents is 1. The number of imide groups is 2. The molecule has 148 valence electrons. The first kappa shape index (κ1) is 20.0. The lowest BCUT2D eigenvalue weighted by Crippen LogP contribution is -2.54. The number of hydrogen-bond acceptors (Lipinski definition) is 7. The largest absolute Gasteiger partial charge is 0.870 e. The molecule has 1 N–H and O–H groups in total. The highest BCUT2D eigenvalue weighted by atomic mass is 79.9. The van der Waals surface area contributed by atoms with Crippen molar-refractivity contribution in [3.05, 3.63) is 62.1 Å². The van der Waals surface area contributed by atoms with Gasteiger partial charge in [0.15, 0.2) is 0 Å². The molecule has 0 bridgehead atoms. The molecule has 0 spiro atoms. The van der Waals surface area contributed by atoms with Crippen LogP contribution >= 0.6 is 15.9 Å². The first-order chi connectivity index (χ1) is 13.7. The number of amides is 4. The minimum Gasteiger partial charge on any atom is -0.870 e. The maximum atomic E-state index is 12.8. The zero-order chi connectivity index (χ0) is 21.3. The third-order valence-electron chi connectivity index (χ3n) is 3.99. The standard InChI is InChI=1S/C18H12BrN3O7/c1-29-14-8-12(22(27)28)6-9(15(14)23)7-13-16(24)20-18(26)21(17(13)25)11-4-2-10(19)3-5-11/h2-8,23H,1H3,(H,20,24,26)/p-1/b13-7-. The Balaban J connectivity index is 2.11. The van der Waals surface area contributed by atoms with Crippen LogP contribution in [-0.4, -0.2) is 29.9 Å². The van der Waals surface area contributed by atoms with Crippen LogP contribution < -0.4 is 20.1 Å². The number of carbonyl (C=O) groups is 3. The quantitative estimate of drug-likeness (QED) is 0.318. The average molecular weight is 461 g/mol. The van der Waals surface area contributed by atoms with E-state index in [1.165, 1.54) is 12.1 Å². The van der Waals surface area contributed by atoms with Crippen molar-refractivity contribution in [2.75, 3.05) is 12.0 Å². The highest BCUT2D eigenvalue weighted by Gasteiger charge is 2.37. The van der Waals surface area contributed by atoms with Gasteiger partial charge in [0.05, 0.1) is 23.8 Å². The number of ether oxygens (including phenoxy) is 1. The Kier molecular flexibility index (Phi) is 5.33. The molecule has 1 saturated heterocycles. The number of urea groups is 1. The number of nitrogens with one attached hydrogen (secondary N) is 1. The molecule has 3 rings (SSSR count). The van der Waals surface area contributed by atoms with Gasteiger partial charge in [-0.3, -0.25) is 25.0 Å². The molecule has 2 aromatic carbocycles. The predicted octanol–water partition coefficient (Wildman–Crippen LogP) is 2.11. The van der Waals surface area contributed by atoms with Crippen molar-refractivity contribution in [3.63, 3.8) is 0 Å². The Labute approximate surface area is 171 Å². The third kappa shape index (κ3) is 3.80. The van der Waals surface area contributed by atoms with E-state index in [2.05, 4.69) is 15.9 Å². The summed E-state index contributed by atoms with van der Waals surface area (Å²) >= 11 is 3.23. The molecule has 0 unspecified atom stereocenters. The Morgan fingerprint density at radius 1 is 1.17 bits per heavy atom. The second-order valence-electron chi connectivity index (χ2n) is 5.76. The summed E-state index contributed by atoms with van der Waals surface area (Å²) in [4.78, 5) is 48.3. The number of rotatable bonds is 4. The van der Waals surface area contributed by atoms with Gasteiger partial charge < -0.3 is 9.84 Å². The third-order valence-corrected chi connectivity index (χ3v) is 4.51. The van der Waals surface area contributed by atoms with E-state index in [9.17, 15) is 29.6 Å². The molecule has 1 heterocycles. The van der Waals surface area contributed by atoms with E-state index in [0.717, 1.165) is 30.2 Å². The Hall–Kier alpha value is -3.73. The Morgan fingerprint density at radius 3 is 2.41 bits per heavy atom. The molecule has 1 fully saturated rings. The summed E-state index contributed by atoms with van der Waals surface area (Å²) in [5.41, 5.74) is -1.11. The fourth-order valence-corrected chi connectivity index (χ4v) is 2.87. The fraction of sp³-hybridized carbons (Fsp3) is 0.0556. The molecular formula is C18H11BrN3O7-. The lowest BCUT2D eigenvalue weighted by atomic mass is 10.0. The predicted molar refractivity (Wildman–Crippen MR) is 102 cm³/mol. The van der Waals surface area contributed by atoms with Crippen LogP contribution in [0.5, 0.6) is 11.5 Å². The van der Waals surface area contributed by atoms with E-state index in [1.807, 2.05) is 5.32 Å². The van der Waals surface area contributed by atoms with Crippen LogP contribution in [0.25, 0.3) is 6.08 Å². The fourth-order valence-electron chi connectivity index (χ4n) is 2.61. The molecular weight excluding hydrogens is 450 g/mol. The van der Waals surface area contributed by atoms with Gasteiger partial charge in [-0.15, -0.1) is 0 Å². The number of anilines is 1. The molecule has 0 atom stereocenters. The summed E-state index contributed by atoms with van der Waals surface area (Å²) in [5.74, 6) is -3.09. The molecule has 0 radical (unpaired) electrons. The number of benzene rings is 2. The normalized spacial score (nSPS) is 15.4. The summed E-state index contributed by atoms with van der Waals surface area (Å²) in [6, 6.07) is 7.03. The second kappa shape index (κ2) is 7.72. The number of barbiturate groups is 1. The van der Waals surface area contributed by atoms with Gasteiger partial charge in [0.25, 0.3) is 17.5 Å². The van der Waals surface area contributed by atoms with Crippen LogP contribution in [0.3, 0.4) is 0 Å². The first-order valence-electron chi connectivity index (χ1n) is 7.93. The Bertz CT molecular complexity index is 1080. The summed E-state index contributed by atoms with van der Waals surface area (Å²) in [5, 5.41) is 25.5. The monoisotopic (exact) mass is 460 g/mol. The van der Waals surface area contributed by atoms with E-state index in [0.29, 0.717) is 4.47 Å². The van der Waals surface area contributed by atoms with E-state index in [-0.39, 0.29) is 17.0 Å². The topological polar surface area (TPSA) is 142 Å². The zero-order valence-electron chi connectivity index (χ0n) is 14.7. The number of non-ortho nitro benzene ring substituents is 1. The van der Waals surface area contributed by atoms with Gasteiger partial charge in [0.2, 0.25) is 0 Å². The summed E-state index contributed by atoms with van der Waals surface area (Å²) in [7, 11) is 1.16. The minimum absolute atomic E-state index is 0.188. The van der Waals surface area contributed by atoms with Crippen LogP contribution in [0.15, 0.2) is 46.4 Å². The molecule has 0 aromatic heterocycles. The molecule has 11 heteroatoms. The van der Waals surface area contributed by atoms with Crippen LogP contribution in [0, 0.1) is 10.1 Å². The molecule has 1 aliphatic rings. The lowest BCUT2D eigenvalue weighted by molar-refractivity contribution is -0.385. The number of halogens is 1. The van der Waals surface area contributed by atoms with Crippen molar-refractivity contribution in [2.45, 2.75) is 0 Å². The number of hydrogen-bond donors (Lipinski definition) is 1. The van der Waals surface area contributed by atoms with Gasteiger partial charge in [-0.2, -0.15) is 0 Å². The number of methoxy groups -OCH3 is 1. The molecule has 2 aromatic rings. The van der Waals surface area contributed by atoms with Gasteiger partial charge in [-0.25, -0.2) is 9.69 Å². The van der Waals surface area contributed by atoms with Crippen molar-refractivity contribution >= 4 is 51.2 Å². The average Bonchev–Trinajstić information content (AvgIpc) is 2.67. The van der Waals surface area contributed by atoms with Crippen LogP contribution in [0.4, 0.5) is 16.2 Å². The highest BCUT2D eigenvalue weighted by molar-refractivity contribution is 9.10. The molecule has 0 saturated carbocycles. The van der Waals surface area contributed by atoms with Gasteiger partial charge in [-0.05, 0) is 35.9 Å². The van der Waals surface area contributed by atoms with Gasteiger partial charge in [0.1, 0.15) is 11.3 Å². The second-order valence-corrected chi connectivity index (χ2v) is 6.67. The van der Waals surface area contributed by atoms with Crippen LogP contribution in [0.2, 0.25) is 0 Å². The lowest BCUT2D eigenvalue weighted by Gasteiger charge is -2.26. The minimum atomic E-state index is -1.03. The number of nitrogens with zero attached hydrogens (tertiary/aromatic N) is 2. The SMILES string of the molecule is COc1cc([N+](=O)[O-])cc(/C=C2/C(=O)NC(=O)N(c3ccc(Br)cc3)C2=O)c1[O-]. The zero-order valence-corrected chi connectivity index (χ0v) is 16.3. The van der Waals surface area contributed by atoms with E-state index in [1.54, 1.807) is 12.1 Å². The van der Waals surface area contributed by atoms with E-state index >= 15 is 0 Å². The maximum absolute atomic E-state index is 12.8. The van der Waals surface area contributed by atoms with Gasteiger partial charge in [-0.1, -0.05) is 21.7 Å². The molecule has 0 aliphatic carbocycles. The molecule has 1 aliphatic heterocycles. The summed E-state index contributed by atoms with van der Waals surface area (Å²) in [6.07, 6.45) is 0.897. The molecule has 10 nitrogen and oxygen atoms in total. The first-order valence-corrected chi connectivity index (χ1v) is 8.72. The van der Waals surface area contributed by atoms with E-state index < -0.39 is 39.8 Å². The van der Waals surface area contributed by atoms with Gasteiger partial charge >= 0.3 is 6.03 Å². The maximum Gasteiger partial charge on any atom is 0.335 e. The summed E-state index contributed by atoms with van der Waals surface area (Å²) in [6.45, 7) is 0. The highest BCUT2D eigenvalue weighted by Crippen LogP contribution is 2.34. The molecule has 4 amide bonds.